The van der Waals surface area contributed by atoms with E-state index >= 15 is 0 Å². The monoisotopic (exact) mass is 331 g/mol. The molecule has 2 unspecified atom stereocenters. The number of methoxy groups -OCH3 is 1. The van der Waals surface area contributed by atoms with Crippen LogP contribution in [0.25, 0.3) is 0 Å². The molecule has 0 saturated carbocycles. The van der Waals surface area contributed by atoms with Gasteiger partial charge in [-0.05, 0) is 42.3 Å². The summed E-state index contributed by atoms with van der Waals surface area (Å²) in [6, 6.07) is 15.2. The molecule has 3 rings (SSSR count). The van der Waals surface area contributed by atoms with Crippen LogP contribution < -0.4 is 10.1 Å². The van der Waals surface area contributed by atoms with Crippen molar-refractivity contribution in [1.29, 1.82) is 0 Å². The Balaban J connectivity index is 1.92. The van der Waals surface area contributed by atoms with Crippen LogP contribution in [-0.2, 0) is 6.42 Å². The normalized spacial score (nSPS) is 18.1. The van der Waals surface area contributed by atoms with Gasteiger partial charge in [-0.3, -0.25) is 0 Å². The molecule has 0 radical (unpaired) electrons. The largest absolute Gasteiger partial charge is 0.497 e. The van der Waals surface area contributed by atoms with Gasteiger partial charge in [0.1, 0.15) is 5.75 Å². The van der Waals surface area contributed by atoms with Gasteiger partial charge < -0.3 is 10.1 Å². The van der Waals surface area contributed by atoms with E-state index in [0.717, 1.165) is 16.6 Å². The summed E-state index contributed by atoms with van der Waals surface area (Å²) < 4.78 is 6.37. The van der Waals surface area contributed by atoms with Crippen LogP contribution in [-0.4, -0.2) is 14.2 Å². The second-order valence-corrected chi connectivity index (χ2v) is 6.02. The molecule has 2 aromatic rings. The van der Waals surface area contributed by atoms with Crippen LogP contribution in [0, 0.1) is 0 Å². The number of fused-ring (bicyclic) bond motifs is 1. The van der Waals surface area contributed by atoms with Crippen LogP contribution in [0.3, 0.4) is 0 Å². The predicted molar refractivity (Wildman–Crippen MR) is 85.4 cm³/mol. The fourth-order valence-electron chi connectivity index (χ4n) is 3.06. The number of hydrogen-bond acceptors (Lipinski definition) is 2. The van der Waals surface area contributed by atoms with Gasteiger partial charge in [0.15, 0.2) is 0 Å². The minimum Gasteiger partial charge on any atom is -0.497 e. The molecule has 0 amide bonds. The van der Waals surface area contributed by atoms with Gasteiger partial charge in [0.05, 0.1) is 7.11 Å². The first-order chi connectivity index (χ1) is 9.74. The van der Waals surface area contributed by atoms with Gasteiger partial charge in [0, 0.05) is 16.4 Å². The molecule has 1 aliphatic carbocycles. The van der Waals surface area contributed by atoms with Crippen molar-refractivity contribution in [3.63, 3.8) is 0 Å². The van der Waals surface area contributed by atoms with E-state index in [-0.39, 0.29) is 0 Å². The van der Waals surface area contributed by atoms with Gasteiger partial charge in [-0.2, -0.15) is 0 Å². The Morgan fingerprint density at radius 1 is 1.25 bits per heavy atom. The Labute approximate surface area is 128 Å². The van der Waals surface area contributed by atoms with Crippen molar-refractivity contribution >= 4 is 15.9 Å². The lowest BCUT2D eigenvalue weighted by Crippen LogP contribution is -2.31. The first-order valence-electron chi connectivity index (χ1n) is 6.83. The van der Waals surface area contributed by atoms with Crippen LogP contribution in [0.4, 0.5) is 0 Å². The molecule has 0 aromatic heterocycles. The third-order valence-electron chi connectivity index (χ3n) is 4.15. The van der Waals surface area contributed by atoms with Crippen LogP contribution in [0.2, 0.25) is 0 Å². The number of ether oxygens (including phenoxy) is 1. The van der Waals surface area contributed by atoms with E-state index in [0.29, 0.717) is 12.0 Å². The van der Waals surface area contributed by atoms with Gasteiger partial charge in [0.2, 0.25) is 0 Å². The molecule has 2 nitrogen and oxygen atoms in total. The number of likely N-dealkylation sites (N-methyl/N-ethyl adjacent to an activating group) is 1. The molecule has 0 heterocycles. The quantitative estimate of drug-likeness (QED) is 0.912. The van der Waals surface area contributed by atoms with Crippen LogP contribution in [0.15, 0.2) is 46.9 Å². The molecule has 0 fully saturated rings. The number of halogens is 1. The maximum Gasteiger partial charge on any atom is 0.120 e. The lowest BCUT2D eigenvalue weighted by atomic mass is 9.72. The molecule has 0 spiro atoms. The summed E-state index contributed by atoms with van der Waals surface area (Å²) >= 11 is 3.67. The second-order valence-electron chi connectivity index (χ2n) is 5.16. The highest BCUT2D eigenvalue weighted by Crippen LogP contribution is 2.45. The molecule has 1 N–H and O–H groups in total. The highest BCUT2D eigenvalue weighted by atomic mass is 79.9. The average Bonchev–Trinajstić information content (AvgIpc) is 2.45. The molecule has 0 saturated heterocycles. The summed E-state index contributed by atoms with van der Waals surface area (Å²) in [6.45, 7) is 0. The van der Waals surface area contributed by atoms with Crippen LogP contribution in [0.1, 0.15) is 28.7 Å². The average molecular weight is 332 g/mol. The zero-order valence-electron chi connectivity index (χ0n) is 11.7. The predicted octanol–water partition coefficient (Wildman–Crippen LogP) is 4.06. The van der Waals surface area contributed by atoms with Gasteiger partial charge in [-0.1, -0.05) is 46.3 Å². The maximum atomic E-state index is 5.27. The van der Waals surface area contributed by atoms with E-state index in [1.54, 1.807) is 7.11 Å². The Morgan fingerprint density at radius 2 is 2.05 bits per heavy atom. The summed E-state index contributed by atoms with van der Waals surface area (Å²) in [5.74, 6) is 1.42. The molecule has 20 heavy (non-hydrogen) atoms. The summed E-state index contributed by atoms with van der Waals surface area (Å²) in [5, 5.41) is 3.47. The van der Waals surface area contributed by atoms with Gasteiger partial charge in [-0.15, -0.1) is 0 Å². The van der Waals surface area contributed by atoms with Crippen molar-refractivity contribution in [3.05, 3.63) is 63.6 Å². The van der Waals surface area contributed by atoms with E-state index in [1.807, 2.05) is 19.2 Å². The van der Waals surface area contributed by atoms with E-state index < -0.39 is 0 Å². The molecule has 0 bridgehead atoms. The third-order valence-corrected chi connectivity index (χ3v) is 4.84. The molecule has 1 aliphatic rings. The molecular formula is C17H18BrNO. The number of nitrogens with one attached hydrogen (secondary N) is 1. The van der Waals surface area contributed by atoms with Crippen molar-refractivity contribution in [2.75, 3.05) is 14.2 Å². The van der Waals surface area contributed by atoms with Crippen LogP contribution in [0.5, 0.6) is 5.75 Å². The zero-order chi connectivity index (χ0) is 14.1. The minimum atomic E-state index is 0.324. The van der Waals surface area contributed by atoms with Crippen molar-refractivity contribution in [2.24, 2.45) is 0 Å². The Hall–Kier alpha value is -1.32. The molecular weight excluding hydrogens is 314 g/mol. The van der Waals surface area contributed by atoms with Crippen molar-refractivity contribution in [2.45, 2.75) is 18.4 Å². The van der Waals surface area contributed by atoms with E-state index in [4.69, 9.17) is 4.74 Å². The topological polar surface area (TPSA) is 21.3 Å². The minimum absolute atomic E-state index is 0.324. The number of hydrogen-bond donors (Lipinski definition) is 1. The number of benzene rings is 2. The number of rotatable bonds is 4. The van der Waals surface area contributed by atoms with Crippen molar-refractivity contribution in [1.82, 2.24) is 5.32 Å². The lowest BCUT2D eigenvalue weighted by molar-refractivity contribution is 0.411. The fraction of sp³-hybridized carbons (Fsp3) is 0.294. The molecule has 104 valence electrons. The summed E-state index contributed by atoms with van der Waals surface area (Å²) in [5.41, 5.74) is 4.23. The summed E-state index contributed by atoms with van der Waals surface area (Å²) in [4.78, 5) is 0. The third kappa shape index (κ3) is 2.25. The first-order valence-corrected chi connectivity index (χ1v) is 7.62. The first kappa shape index (κ1) is 13.7. The van der Waals surface area contributed by atoms with E-state index in [9.17, 15) is 0 Å². The maximum absolute atomic E-state index is 5.27. The smallest absolute Gasteiger partial charge is 0.120 e. The van der Waals surface area contributed by atoms with Gasteiger partial charge >= 0.3 is 0 Å². The Bertz CT molecular complexity index is 626. The fourth-order valence-corrected chi connectivity index (χ4v) is 3.66. The molecule has 0 aliphatic heterocycles. The highest BCUT2D eigenvalue weighted by Gasteiger charge is 2.33. The van der Waals surface area contributed by atoms with E-state index in [1.165, 1.54) is 16.7 Å². The second kappa shape index (κ2) is 5.58. The highest BCUT2D eigenvalue weighted by molar-refractivity contribution is 9.10. The SMILES string of the molecule is CNC(c1ccc(OC)cc1Br)C1Cc2ccccc21. The molecule has 3 heteroatoms. The van der Waals surface area contributed by atoms with Crippen molar-refractivity contribution < 1.29 is 4.74 Å². The summed E-state index contributed by atoms with van der Waals surface area (Å²) in [6.07, 6.45) is 1.14. The Morgan fingerprint density at radius 3 is 2.70 bits per heavy atom. The van der Waals surface area contributed by atoms with Crippen molar-refractivity contribution in [3.8, 4) is 5.75 Å². The lowest BCUT2D eigenvalue weighted by Gasteiger charge is -2.37. The van der Waals surface area contributed by atoms with E-state index in [2.05, 4.69) is 51.6 Å². The molecule has 2 atom stereocenters. The Kier molecular flexibility index (Phi) is 3.81. The van der Waals surface area contributed by atoms with Gasteiger partial charge in [-0.25, -0.2) is 0 Å². The molecule has 2 aromatic carbocycles. The summed E-state index contributed by atoms with van der Waals surface area (Å²) in [7, 11) is 3.72. The standard InChI is InChI=1S/C17H18BrNO/c1-19-17(14-8-7-12(20-2)10-16(14)18)15-9-11-5-3-4-6-13(11)15/h3-8,10,15,17,19H,9H2,1-2H3. The zero-order valence-corrected chi connectivity index (χ0v) is 13.3. The van der Waals surface area contributed by atoms with Crippen LogP contribution >= 0.6 is 15.9 Å². The van der Waals surface area contributed by atoms with Gasteiger partial charge in [0.25, 0.3) is 0 Å².